The molecule has 3 heteroatoms. The van der Waals surface area contributed by atoms with Crippen LogP contribution in [0.3, 0.4) is 0 Å². The average molecular weight is 375 g/mol. The van der Waals surface area contributed by atoms with Gasteiger partial charge in [0.1, 0.15) is 6.67 Å². The van der Waals surface area contributed by atoms with E-state index in [2.05, 4.69) is 65.2 Å². The Morgan fingerprint density at radius 3 is 1.86 bits per heavy atom. The van der Waals surface area contributed by atoms with Crippen LogP contribution >= 0.6 is 0 Å². The molecule has 1 heterocycles. The monoisotopic (exact) mass is 375 g/mol. The number of nitrogen functional groups attached to an aromatic ring is 1. The Hall–Kier alpha value is -3.85. The van der Waals surface area contributed by atoms with Gasteiger partial charge in [0.15, 0.2) is 0 Å². The first-order valence-electron chi connectivity index (χ1n) is 9.73. The van der Waals surface area contributed by atoms with E-state index >= 15 is 0 Å². The fourth-order valence-corrected chi connectivity index (χ4v) is 3.94. The summed E-state index contributed by atoms with van der Waals surface area (Å²) in [6.07, 6.45) is 0. The number of nitrogens with zero attached hydrogens (tertiary/aromatic N) is 2. The first kappa shape index (κ1) is 17.3. The molecule has 0 aliphatic heterocycles. The van der Waals surface area contributed by atoms with E-state index in [1.54, 1.807) is 0 Å². The molecule has 0 amide bonds. The minimum atomic E-state index is 0.520. The van der Waals surface area contributed by atoms with Crippen LogP contribution in [0.15, 0.2) is 108 Å². The standard InChI is InChI=1S/C26H21N3/c27-23-15-7-4-14-22(23)26(19-10-2-1-3-11-19)28-18-29-24-16-8-5-12-20(24)21-13-6-9-17-25(21)29/h1-17H,18,27H2. The van der Waals surface area contributed by atoms with Gasteiger partial charge in [0.2, 0.25) is 0 Å². The van der Waals surface area contributed by atoms with E-state index in [0.717, 1.165) is 22.5 Å². The molecule has 2 N–H and O–H groups in total. The van der Waals surface area contributed by atoms with Gasteiger partial charge in [0.25, 0.3) is 0 Å². The van der Waals surface area contributed by atoms with Crippen LogP contribution in [0.4, 0.5) is 5.69 Å². The largest absolute Gasteiger partial charge is 0.398 e. The third-order valence-corrected chi connectivity index (χ3v) is 5.31. The number of hydrogen-bond donors (Lipinski definition) is 1. The number of rotatable bonds is 4. The zero-order valence-corrected chi connectivity index (χ0v) is 16.0. The molecule has 0 unspecified atom stereocenters. The van der Waals surface area contributed by atoms with E-state index in [4.69, 9.17) is 10.7 Å². The summed E-state index contributed by atoms with van der Waals surface area (Å²) in [5.41, 5.74) is 12.3. The third kappa shape index (κ3) is 3.07. The second-order valence-corrected chi connectivity index (χ2v) is 7.06. The summed E-state index contributed by atoms with van der Waals surface area (Å²) in [4.78, 5) is 5.07. The Labute approximate surface area is 169 Å². The molecule has 1 aromatic heterocycles. The molecule has 29 heavy (non-hydrogen) atoms. The number of benzene rings is 4. The van der Waals surface area contributed by atoms with Crippen molar-refractivity contribution in [2.45, 2.75) is 6.67 Å². The molecular weight excluding hydrogens is 354 g/mol. The van der Waals surface area contributed by atoms with E-state index in [1.165, 1.54) is 21.8 Å². The lowest BCUT2D eigenvalue weighted by Crippen LogP contribution is -2.09. The highest BCUT2D eigenvalue weighted by Crippen LogP contribution is 2.29. The lowest BCUT2D eigenvalue weighted by atomic mass is 10.0. The topological polar surface area (TPSA) is 43.3 Å². The predicted octanol–water partition coefficient (Wildman–Crippen LogP) is 5.87. The fourth-order valence-electron chi connectivity index (χ4n) is 3.94. The minimum Gasteiger partial charge on any atom is -0.398 e. The summed E-state index contributed by atoms with van der Waals surface area (Å²) in [5, 5.41) is 2.50. The Balaban J connectivity index is 1.69. The molecule has 0 saturated carbocycles. The number of aliphatic imine (C=N–C) groups is 1. The molecule has 0 radical (unpaired) electrons. The minimum absolute atomic E-state index is 0.520. The summed E-state index contributed by atoms with van der Waals surface area (Å²) in [6.45, 7) is 0.520. The fraction of sp³-hybridized carbons (Fsp3) is 0.0385. The zero-order chi connectivity index (χ0) is 19.6. The first-order chi connectivity index (χ1) is 14.3. The van der Waals surface area contributed by atoms with Crippen molar-refractivity contribution in [1.82, 2.24) is 4.57 Å². The van der Waals surface area contributed by atoms with Crippen LogP contribution in [-0.2, 0) is 6.67 Å². The number of para-hydroxylation sites is 3. The molecule has 5 aromatic rings. The van der Waals surface area contributed by atoms with Crippen LogP contribution in [-0.4, -0.2) is 10.3 Å². The van der Waals surface area contributed by atoms with Crippen molar-refractivity contribution in [3.63, 3.8) is 0 Å². The van der Waals surface area contributed by atoms with Crippen molar-refractivity contribution in [2.24, 2.45) is 4.99 Å². The van der Waals surface area contributed by atoms with E-state index in [0.29, 0.717) is 6.67 Å². The van der Waals surface area contributed by atoms with E-state index in [9.17, 15) is 0 Å². The molecule has 0 aliphatic rings. The molecule has 0 saturated heterocycles. The average Bonchev–Trinajstić information content (AvgIpc) is 3.10. The molecule has 5 rings (SSSR count). The molecule has 0 fully saturated rings. The van der Waals surface area contributed by atoms with Gasteiger partial charge >= 0.3 is 0 Å². The van der Waals surface area contributed by atoms with Crippen molar-refractivity contribution in [3.05, 3.63) is 114 Å². The summed E-state index contributed by atoms with van der Waals surface area (Å²) in [5.74, 6) is 0. The normalized spacial score (nSPS) is 11.9. The summed E-state index contributed by atoms with van der Waals surface area (Å²) in [6, 6.07) is 35.1. The quantitative estimate of drug-likeness (QED) is 0.310. The maximum absolute atomic E-state index is 6.30. The van der Waals surface area contributed by atoms with Gasteiger partial charge in [-0.3, -0.25) is 4.99 Å². The molecule has 0 bridgehead atoms. The van der Waals surface area contributed by atoms with E-state index < -0.39 is 0 Å². The smallest absolute Gasteiger partial charge is 0.115 e. The van der Waals surface area contributed by atoms with Crippen LogP contribution in [0.25, 0.3) is 21.8 Å². The first-order valence-corrected chi connectivity index (χ1v) is 9.73. The molecule has 0 atom stereocenters. The Bertz CT molecular complexity index is 1280. The van der Waals surface area contributed by atoms with Gasteiger partial charge in [-0.15, -0.1) is 0 Å². The summed E-state index contributed by atoms with van der Waals surface area (Å²) >= 11 is 0. The zero-order valence-electron chi connectivity index (χ0n) is 16.0. The molecule has 4 aromatic carbocycles. The Kier molecular flexibility index (Phi) is 4.34. The number of anilines is 1. The van der Waals surface area contributed by atoms with Crippen molar-refractivity contribution >= 4 is 33.2 Å². The van der Waals surface area contributed by atoms with Crippen LogP contribution in [0, 0.1) is 0 Å². The van der Waals surface area contributed by atoms with Crippen molar-refractivity contribution in [3.8, 4) is 0 Å². The van der Waals surface area contributed by atoms with Crippen LogP contribution < -0.4 is 5.73 Å². The van der Waals surface area contributed by atoms with Crippen LogP contribution in [0.1, 0.15) is 11.1 Å². The molecule has 0 aliphatic carbocycles. The second-order valence-electron chi connectivity index (χ2n) is 7.06. The van der Waals surface area contributed by atoms with E-state index in [1.807, 2.05) is 42.5 Å². The van der Waals surface area contributed by atoms with Gasteiger partial charge in [0, 0.05) is 27.6 Å². The van der Waals surface area contributed by atoms with Gasteiger partial charge in [0.05, 0.1) is 16.7 Å². The lowest BCUT2D eigenvalue weighted by Gasteiger charge is -2.12. The third-order valence-electron chi connectivity index (χ3n) is 5.31. The summed E-state index contributed by atoms with van der Waals surface area (Å²) < 4.78 is 2.27. The highest BCUT2D eigenvalue weighted by atomic mass is 15.1. The van der Waals surface area contributed by atoms with Crippen LogP contribution in [0.5, 0.6) is 0 Å². The SMILES string of the molecule is Nc1ccccc1C(=NCn1c2ccccc2c2ccccc21)c1ccccc1. The maximum atomic E-state index is 6.30. The Morgan fingerprint density at radius 1 is 0.655 bits per heavy atom. The van der Waals surface area contributed by atoms with Gasteiger partial charge < -0.3 is 10.3 Å². The van der Waals surface area contributed by atoms with Crippen molar-refractivity contribution in [1.29, 1.82) is 0 Å². The molecule has 140 valence electrons. The van der Waals surface area contributed by atoms with Crippen molar-refractivity contribution < 1.29 is 0 Å². The van der Waals surface area contributed by atoms with Gasteiger partial charge in [-0.05, 0) is 18.2 Å². The number of fused-ring (bicyclic) bond motifs is 3. The van der Waals surface area contributed by atoms with E-state index in [-0.39, 0.29) is 0 Å². The Morgan fingerprint density at radius 2 is 1.21 bits per heavy atom. The molecule has 0 spiro atoms. The number of hydrogen-bond acceptors (Lipinski definition) is 2. The lowest BCUT2D eigenvalue weighted by molar-refractivity contribution is 0.793. The second kappa shape index (κ2) is 7.28. The van der Waals surface area contributed by atoms with Gasteiger partial charge in [-0.2, -0.15) is 0 Å². The van der Waals surface area contributed by atoms with Crippen molar-refractivity contribution in [2.75, 3.05) is 5.73 Å². The molecule has 3 nitrogen and oxygen atoms in total. The predicted molar refractivity (Wildman–Crippen MR) is 122 cm³/mol. The highest BCUT2D eigenvalue weighted by Gasteiger charge is 2.12. The highest BCUT2D eigenvalue weighted by molar-refractivity contribution is 6.15. The number of nitrogens with two attached hydrogens (primary N) is 1. The van der Waals surface area contributed by atoms with Crippen LogP contribution in [0.2, 0.25) is 0 Å². The van der Waals surface area contributed by atoms with Gasteiger partial charge in [-0.25, -0.2) is 0 Å². The van der Waals surface area contributed by atoms with Gasteiger partial charge in [-0.1, -0.05) is 84.9 Å². The number of aromatic nitrogens is 1. The maximum Gasteiger partial charge on any atom is 0.115 e. The summed E-state index contributed by atoms with van der Waals surface area (Å²) in [7, 11) is 0. The molecular formula is C26H21N3.